The molecule has 7 nitrogen and oxygen atoms in total. The molecule has 0 radical (unpaired) electrons. The Morgan fingerprint density at radius 1 is 1.11 bits per heavy atom. The minimum Gasteiger partial charge on any atom is -0.439 e. The van der Waals surface area contributed by atoms with Gasteiger partial charge in [-0.15, -0.1) is 0 Å². The molecule has 35 heavy (non-hydrogen) atoms. The number of nitrogens with two attached hydrogens (primary N) is 1. The summed E-state index contributed by atoms with van der Waals surface area (Å²) in [7, 11) is 1.81. The van der Waals surface area contributed by atoms with Crippen LogP contribution >= 0.6 is 0 Å². The highest BCUT2D eigenvalue weighted by molar-refractivity contribution is 5.85. The number of nitriles is 1. The van der Waals surface area contributed by atoms with Crippen molar-refractivity contribution < 1.29 is 9.53 Å². The smallest absolute Gasteiger partial charge is 0.218 e. The third-order valence-corrected chi connectivity index (χ3v) is 5.78. The SMILES string of the molecule is CCCCC(=O)C(N)c1ccc(-c2ccc(C#N)cc2Oc2cc(-c3ccccc3)nn2C)nc1. The zero-order chi connectivity index (χ0) is 24.8. The minimum absolute atomic E-state index is 0.00854. The summed E-state index contributed by atoms with van der Waals surface area (Å²) in [6.45, 7) is 2.04. The predicted octanol–water partition coefficient (Wildman–Crippen LogP) is 5.57. The van der Waals surface area contributed by atoms with Crippen LogP contribution in [0.5, 0.6) is 11.6 Å². The number of ketones is 1. The van der Waals surface area contributed by atoms with Crippen molar-refractivity contribution in [1.82, 2.24) is 14.8 Å². The van der Waals surface area contributed by atoms with E-state index in [1.165, 1.54) is 0 Å². The average molecular weight is 466 g/mol. The molecule has 2 heterocycles. The molecule has 0 amide bonds. The zero-order valence-electron chi connectivity index (χ0n) is 19.8. The number of benzene rings is 2. The largest absolute Gasteiger partial charge is 0.439 e. The first-order valence-corrected chi connectivity index (χ1v) is 11.6. The number of hydrogen-bond donors (Lipinski definition) is 1. The van der Waals surface area contributed by atoms with E-state index in [9.17, 15) is 10.1 Å². The fraction of sp³-hybridized carbons (Fsp3) is 0.214. The third-order valence-electron chi connectivity index (χ3n) is 5.78. The molecule has 0 aliphatic carbocycles. The third kappa shape index (κ3) is 5.45. The number of hydrogen-bond acceptors (Lipinski definition) is 6. The summed E-state index contributed by atoms with van der Waals surface area (Å²) in [4.78, 5) is 16.9. The maximum Gasteiger partial charge on any atom is 0.218 e. The van der Waals surface area contributed by atoms with E-state index in [0.717, 1.165) is 24.1 Å². The van der Waals surface area contributed by atoms with Gasteiger partial charge in [0.15, 0.2) is 5.78 Å². The topological polar surface area (TPSA) is 107 Å². The van der Waals surface area contributed by atoms with Gasteiger partial charge in [0.25, 0.3) is 0 Å². The second kappa shape index (κ2) is 10.8. The number of ether oxygens (including phenoxy) is 1. The first-order chi connectivity index (χ1) is 17.0. The lowest BCUT2D eigenvalue weighted by atomic mass is 10.0. The fourth-order valence-electron chi connectivity index (χ4n) is 3.74. The van der Waals surface area contributed by atoms with Gasteiger partial charge in [0.1, 0.15) is 5.75 Å². The van der Waals surface area contributed by atoms with Gasteiger partial charge in [-0.05, 0) is 36.2 Å². The Bertz CT molecular complexity index is 1350. The molecule has 0 fully saturated rings. The predicted molar refractivity (Wildman–Crippen MR) is 135 cm³/mol. The van der Waals surface area contributed by atoms with Crippen LogP contribution in [0, 0.1) is 11.3 Å². The molecule has 2 aromatic heterocycles. The molecular formula is C28H27N5O2. The first-order valence-electron chi connectivity index (χ1n) is 11.6. The van der Waals surface area contributed by atoms with E-state index < -0.39 is 6.04 Å². The van der Waals surface area contributed by atoms with Crippen LogP contribution in [-0.4, -0.2) is 20.5 Å². The highest BCUT2D eigenvalue weighted by Crippen LogP contribution is 2.35. The van der Waals surface area contributed by atoms with Gasteiger partial charge in [-0.1, -0.05) is 49.7 Å². The number of aryl methyl sites for hydroxylation is 1. The number of carbonyl (C=O) groups excluding carboxylic acids is 1. The van der Waals surface area contributed by atoms with Gasteiger partial charge in [0, 0.05) is 36.9 Å². The second-order valence-corrected chi connectivity index (χ2v) is 8.31. The van der Waals surface area contributed by atoms with Gasteiger partial charge in [-0.3, -0.25) is 9.78 Å². The van der Waals surface area contributed by atoms with Gasteiger partial charge >= 0.3 is 0 Å². The van der Waals surface area contributed by atoms with Gasteiger partial charge < -0.3 is 10.5 Å². The summed E-state index contributed by atoms with van der Waals surface area (Å²) in [6.07, 6.45) is 3.86. The monoisotopic (exact) mass is 465 g/mol. The van der Waals surface area contributed by atoms with Crippen molar-refractivity contribution in [3.63, 3.8) is 0 Å². The summed E-state index contributed by atoms with van der Waals surface area (Å²) in [6, 6.07) is 22.0. The normalized spacial score (nSPS) is 11.6. The molecule has 0 saturated heterocycles. The molecule has 0 aliphatic rings. The van der Waals surface area contributed by atoms with Gasteiger partial charge in [0.2, 0.25) is 5.88 Å². The van der Waals surface area contributed by atoms with Crippen molar-refractivity contribution in [2.75, 3.05) is 0 Å². The molecule has 4 rings (SSSR count). The molecule has 2 N–H and O–H groups in total. The summed E-state index contributed by atoms with van der Waals surface area (Å²) in [5.41, 5.74) is 10.4. The van der Waals surface area contributed by atoms with E-state index in [1.54, 1.807) is 36.1 Å². The Hall–Kier alpha value is -4.28. The van der Waals surface area contributed by atoms with E-state index in [4.69, 9.17) is 10.5 Å². The number of Topliss-reactive ketones (excluding diaryl/α,β-unsaturated/α-hetero) is 1. The molecule has 0 aliphatic heterocycles. The lowest BCUT2D eigenvalue weighted by Crippen LogP contribution is -2.21. The van der Waals surface area contributed by atoms with E-state index >= 15 is 0 Å². The maximum atomic E-state index is 12.3. The number of rotatable bonds is 9. The summed E-state index contributed by atoms with van der Waals surface area (Å²) in [5.74, 6) is 1.02. The van der Waals surface area contributed by atoms with Crippen LogP contribution in [0.15, 0.2) is 72.9 Å². The fourth-order valence-corrected chi connectivity index (χ4v) is 3.74. The molecule has 176 valence electrons. The highest BCUT2D eigenvalue weighted by Gasteiger charge is 2.18. The van der Waals surface area contributed by atoms with Crippen LogP contribution < -0.4 is 10.5 Å². The van der Waals surface area contributed by atoms with Crippen LogP contribution in [0.4, 0.5) is 0 Å². The van der Waals surface area contributed by atoms with Gasteiger partial charge in [-0.25, -0.2) is 4.68 Å². The Morgan fingerprint density at radius 3 is 2.60 bits per heavy atom. The van der Waals surface area contributed by atoms with Gasteiger partial charge in [-0.2, -0.15) is 10.4 Å². The van der Waals surface area contributed by atoms with Crippen molar-refractivity contribution in [2.45, 2.75) is 32.2 Å². The standard InChI is InChI=1S/C28H27N5O2/c1-3-4-10-25(34)28(30)21-12-14-23(31-18-21)22-13-11-19(17-29)15-26(22)35-27-16-24(32-33(27)2)20-8-6-5-7-9-20/h5-9,11-16,18,28H,3-4,10,30H2,1-2H3. The molecule has 0 bridgehead atoms. The van der Waals surface area contributed by atoms with E-state index in [1.807, 2.05) is 55.5 Å². The maximum absolute atomic E-state index is 12.3. The van der Waals surface area contributed by atoms with Crippen molar-refractivity contribution in [1.29, 1.82) is 5.26 Å². The molecule has 0 spiro atoms. The minimum atomic E-state index is -0.689. The molecule has 0 saturated carbocycles. The summed E-state index contributed by atoms with van der Waals surface area (Å²) < 4.78 is 7.89. The van der Waals surface area contributed by atoms with Crippen LogP contribution in [0.3, 0.4) is 0 Å². The Morgan fingerprint density at radius 2 is 1.91 bits per heavy atom. The first kappa shape index (κ1) is 23.9. The molecule has 7 heteroatoms. The lowest BCUT2D eigenvalue weighted by molar-refractivity contribution is -0.120. The zero-order valence-corrected chi connectivity index (χ0v) is 19.8. The van der Waals surface area contributed by atoms with Crippen LogP contribution in [0.25, 0.3) is 22.5 Å². The molecule has 1 unspecified atom stereocenters. The lowest BCUT2D eigenvalue weighted by Gasteiger charge is -2.13. The number of pyridine rings is 1. The molecule has 2 aromatic carbocycles. The highest BCUT2D eigenvalue weighted by atomic mass is 16.5. The molecular weight excluding hydrogens is 438 g/mol. The Labute approximate surface area is 204 Å². The Kier molecular flexibility index (Phi) is 7.34. The van der Waals surface area contributed by atoms with E-state index in [-0.39, 0.29) is 5.78 Å². The summed E-state index contributed by atoms with van der Waals surface area (Å²) >= 11 is 0. The second-order valence-electron chi connectivity index (χ2n) is 8.31. The molecule has 1 atom stereocenters. The van der Waals surface area contributed by atoms with Crippen molar-refractivity contribution >= 4 is 5.78 Å². The quantitative estimate of drug-likeness (QED) is 0.346. The van der Waals surface area contributed by atoms with E-state index in [0.29, 0.717) is 40.4 Å². The van der Waals surface area contributed by atoms with Crippen LogP contribution in [0.1, 0.15) is 43.4 Å². The number of nitrogens with zero attached hydrogens (tertiary/aromatic N) is 4. The van der Waals surface area contributed by atoms with Crippen molar-refractivity contribution in [3.8, 4) is 40.2 Å². The summed E-state index contributed by atoms with van der Waals surface area (Å²) in [5, 5.41) is 14.0. The molecule has 4 aromatic rings. The van der Waals surface area contributed by atoms with Crippen LogP contribution in [0.2, 0.25) is 0 Å². The van der Waals surface area contributed by atoms with E-state index in [2.05, 4.69) is 16.2 Å². The number of carbonyl (C=O) groups is 1. The van der Waals surface area contributed by atoms with Crippen molar-refractivity contribution in [3.05, 3.63) is 84.1 Å². The number of unbranched alkanes of at least 4 members (excludes halogenated alkanes) is 1. The average Bonchev–Trinajstić information content (AvgIpc) is 3.27. The van der Waals surface area contributed by atoms with Gasteiger partial charge in [0.05, 0.1) is 29.1 Å². The number of aromatic nitrogens is 3. The van der Waals surface area contributed by atoms with Crippen molar-refractivity contribution in [2.24, 2.45) is 12.8 Å². The van der Waals surface area contributed by atoms with Crippen LogP contribution in [-0.2, 0) is 11.8 Å². The Balaban J connectivity index is 1.63.